The summed E-state index contributed by atoms with van der Waals surface area (Å²) in [6, 6.07) is 2.75. The van der Waals surface area contributed by atoms with Gasteiger partial charge in [-0.25, -0.2) is 4.98 Å². The Labute approximate surface area is 73.4 Å². The van der Waals surface area contributed by atoms with Crippen molar-refractivity contribution in [3.63, 3.8) is 0 Å². The topological polar surface area (TPSA) is 81.1 Å². The Kier molecular flexibility index (Phi) is 1.45. The Morgan fingerprint density at radius 1 is 1.46 bits per heavy atom. The molecular weight excluding hydrogens is 170 g/mol. The predicted octanol–water partition coefficient (Wildman–Crippen LogP) is 0.168. The van der Waals surface area contributed by atoms with E-state index in [-0.39, 0.29) is 11.1 Å². The number of nitrogens with two attached hydrogens (primary N) is 1. The quantitative estimate of drug-likeness (QED) is 0.444. The van der Waals surface area contributed by atoms with Gasteiger partial charge >= 0.3 is 0 Å². The van der Waals surface area contributed by atoms with Crippen molar-refractivity contribution in [2.24, 2.45) is 0 Å². The second-order valence-corrected chi connectivity index (χ2v) is 2.69. The van der Waals surface area contributed by atoms with Crippen LogP contribution in [0.4, 0.5) is 5.69 Å². The summed E-state index contributed by atoms with van der Waals surface area (Å²) in [6.07, 6.45) is 2.73. The summed E-state index contributed by atoms with van der Waals surface area (Å²) >= 11 is 0. The summed E-state index contributed by atoms with van der Waals surface area (Å²) in [6.45, 7) is 0. The molecule has 0 spiro atoms. The van der Waals surface area contributed by atoms with Gasteiger partial charge in [-0.3, -0.25) is 4.79 Å². The van der Waals surface area contributed by atoms with Crippen molar-refractivity contribution in [1.29, 1.82) is 0 Å². The Morgan fingerprint density at radius 2 is 2.23 bits per heavy atom. The van der Waals surface area contributed by atoms with Crippen molar-refractivity contribution in [1.82, 2.24) is 9.71 Å². The number of benzene rings is 1. The van der Waals surface area contributed by atoms with Gasteiger partial charge in [0.1, 0.15) is 6.33 Å². The van der Waals surface area contributed by atoms with E-state index in [4.69, 9.17) is 5.73 Å². The van der Waals surface area contributed by atoms with Crippen LogP contribution in [0.3, 0.4) is 0 Å². The second-order valence-electron chi connectivity index (χ2n) is 2.69. The molecule has 0 saturated heterocycles. The van der Waals surface area contributed by atoms with E-state index < -0.39 is 0 Å². The average molecular weight is 177 g/mol. The van der Waals surface area contributed by atoms with Crippen LogP contribution in [-0.4, -0.2) is 14.9 Å². The molecule has 0 bridgehead atoms. The van der Waals surface area contributed by atoms with Gasteiger partial charge in [0.05, 0.1) is 11.4 Å². The molecule has 3 N–H and O–H groups in total. The van der Waals surface area contributed by atoms with Crippen LogP contribution in [0.1, 0.15) is 0 Å². The molecule has 0 atom stereocenters. The third kappa shape index (κ3) is 1.10. The smallest absolute Gasteiger partial charge is 0.203 e. The average Bonchev–Trinajstić information content (AvgIpc) is 2.09. The highest BCUT2D eigenvalue weighted by molar-refractivity contribution is 5.65. The zero-order valence-electron chi connectivity index (χ0n) is 6.64. The normalized spacial score (nSPS) is 10.5. The standard InChI is InChI=1S/C8H7N3O2/c9-6-1-5-3-10-4-11(13)7(5)2-8(6)12/h1-4,13H,9H2. The van der Waals surface area contributed by atoms with E-state index in [9.17, 15) is 10.0 Å². The van der Waals surface area contributed by atoms with Crippen molar-refractivity contribution in [2.45, 2.75) is 0 Å². The second kappa shape index (κ2) is 2.48. The first kappa shape index (κ1) is 7.60. The molecule has 0 aromatic carbocycles. The first-order valence-electron chi connectivity index (χ1n) is 3.63. The zero-order valence-corrected chi connectivity index (χ0v) is 6.64. The highest BCUT2D eigenvalue weighted by Crippen LogP contribution is 2.18. The Morgan fingerprint density at radius 3 is 3.00 bits per heavy atom. The van der Waals surface area contributed by atoms with Gasteiger partial charge in [0, 0.05) is 17.8 Å². The van der Waals surface area contributed by atoms with Gasteiger partial charge in [0.25, 0.3) is 0 Å². The van der Waals surface area contributed by atoms with Gasteiger partial charge in [-0.1, -0.05) is 0 Å². The van der Waals surface area contributed by atoms with Crippen LogP contribution >= 0.6 is 0 Å². The predicted molar refractivity (Wildman–Crippen MR) is 46.7 cm³/mol. The summed E-state index contributed by atoms with van der Waals surface area (Å²) in [4.78, 5) is 14.9. The summed E-state index contributed by atoms with van der Waals surface area (Å²) in [5.74, 6) is 0. The molecule has 2 rings (SSSR count). The molecule has 0 aromatic rings. The fraction of sp³-hybridized carbons (Fsp3) is 0. The van der Waals surface area contributed by atoms with Crippen LogP contribution in [0.25, 0.3) is 11.3 Å². The number of fused-ring (bicyclic) bond motifs is 1. The van der Waals surface area contributed by atoms with E-state index in [1.165, 1.54) is 24.7 Å². The molecule has 5 heteroatoms. The van der Waals surface area contributed by atoms with Crippen molar-refractivity contribution in [2.75, 3.05) is 5.73 Å². The molecule has 0 radical (unpaired) electrons. The lowest BCUT2D eigenvalue weighted by Gasteiger charge is -2.07. The molecule has 0 saturated carbocycles. The fourth-order valence-electron chi connectivity index (χ4n) is 1.14. The molecule has 13 heavy (non-hydrogen) atoms. The molecule has 0 amide bonds. The summed E-state index contributed by atoms with van der Waals surface area (Å²) in [5, 5.41) is 9.26. The maximum absolute atomic E-state index is 11.1. The molecule has 0 aromatic heterocycles. The van der Waals surface area contributed by atoms with E-state index in [1.807, 2.05) is 0 Å². The first-order chi connectivity index (χ1) is 6.18. The minimum Gasteiger partial charge on any atom is -0.427 e. The summed E-state index contributed by atoms with van der Waals surface area (Å²) in [7, 11) is 0. The highest BCUT2D eigenvalue weighted by Gasteiger charge is 2.08. The zero-order chi connectivity index (χ0) is 9.42. The van der Waals surface area contributed by atoms with E-state index >= 15 is 0 Å². The van der Waals surface area contributed by atoms with Gasteiger partial charge in [0.2, 0.25) is 5.43 Å². The van der Waals surface area contributed by atoms with Crippen molar-refractivity contribution >= 4 is 5.69 Å². The van der Waals surface area contributed by atoms with Crippen LogP contribution in [0, 0.1) is 0 Å². The molecule has 1 heterocycles. The third-order valence-electron chi connectivity index (χ3n) is 1.80. The van der Waals surface area contributed by atoms with E-state index in [1.54, 1.807) is 0 Å². The maximum atomic E-state index is 11.1. The number of nitrogen functional groups attached to an aromatic ring is 1. The molecular formula is C8H7N3O2. The molecule has 1 aliphatic carbocycles. The fourth-order valence-corrected chi connectivity index (χ4v) is 1.14. The van der Waals surface area contributed by atoms with Gasteiger partial charge in [-0.05, 0) is 6.07 Å². The summed E-state index contributed by atoms with van der Waals surface area (Å²) < 4.78 is 0.788. The van der Waals surface area contributed by atoms with E-state index in [0.717, 1.165) is 4.73 Å². The van der Waals surface area contributed by atoms with Gasteiger partial charge in [0.15, 0.2) is 0 Å². The molecule has 1 aliphatic heterocycles. The molecule has 66 valence electrons. The molecule has 0 unspecified atom stereocenters. The highest BCUT2D eigenvalue weighted by atomic mass is 16.5. The van der Waals surface area contributed by atoms with Crippen molar-refractivity contribution in [3.05, 3.63) is 34.9 Å². The first-order valence-corrected chi connectivity index (χ1v) is 3.63. The van der Waals surface area contributed by atoms with Gasteiger partial charge < -0.3 is 10.9 Å². The number of hydrogen-bond acceptors (Lipinski definition) is 4. The monoisotopic (exact) mass is 177 g/mol. The van der Waals surface area contributed by atoms with Crippen molar-refractivity contribution < 1.29 is 5.21 Å². The van der Waals surface area contributed by atoms with Crippen LogP contribution in [0.15, 0.2) is 29.5 Å². The minimum absolute atomic E-state index is 0.153. The van der Waals surface area contributed by atoms with E-state index in [2.05, 4.69) is 4.98 Å². The van der Waals surface area contributed by atoms with Crippen LogP contribution in [0.2, 0.25) is 0 Å². The summed E-state index contributed by atoms with van der Waals surface area (Å²) in [5.41, 5.74) is 6.28. The van der Waals surface area contributed by atoms with Crippen LogP contribution in [0.5, 0.6) is 0 Å². The lowest BCUT2D eigenvalue weighted by Crippen LogP contribution is -2.11. The lowest BCUT2D eigenvalue weighted by molar-refractivity contribution is 0.185. The maximum Gasteiger partial charge on any atom is 0.203 e. The Balaban J connectivity index is 2.89. The van der Waals surface area contributed by atoms with Gasteiger partial charge in [-0.15, -0.1) is 0 Å². The Bertz CT molecular complexity index is 478. The number of aromatic nitrogens is 2. The Hall–Kier alpha value is -2.04. The van der Waals surface area contributed by atoms with Crippen molar-refractivity contribution in [3.8, 4) is 11.3 Å². The van der Waals surface area contributed by atoms with Crippen LogP contribution < -0.4 is 11.2 Å². The third-order valence-corrected chi connectivity index (χ3v) is 1.80. The van der Waals surface area contributed by atoms with Crippen LogP contribution in [-0.2, 0) is 0 Å². The number of hydrogen-bond donors (Lipinski definition) is 2. The molecule has 2 aliphatic rings. The number of anilines is 1. The molecule has 5 nitrogen and oxygen atoms in total. The number of rotatable bonds is 0. The molecule has 0 fully saturated rings. The minimum atomic E-state index is -0.304. The van der Waals surface area contributed by atoms with Gasteiger partial charge in [-0.2, -0.15) is 4.73 Å². The SMILES string of the molecule is Nc1cc2cncn(O)c-2cc1=O. The number of nitrogens with zero attached hydrogens (tertiary/aromatic N) is 2. The lowest BCUT2D eigenvalue weighted by atomic mass is 10.1. The van der Waals surface area contributed by atoms with E-state index in [0.29, 0.717) is 11.3 Å². The largest absolute Gasteiger partial charge is 0.427 e.